The van der Waals surface area contributed by atoms with Crippen LogP contribution in [0.25, 0.3) is 5.65 Å². The first-order chi connectivity index (χ1) is 10.2. The third kappa shape index (κ3) is 2.05. The number of anilines is 1. The van der Waals surface area contributed by atoms with Crippen molar-refractivity contribution in [3.63, 3.8) is 0 Å². The third-order valence-electron chi connectivity index (χ3n) is 4.20. The highest BCUT2D eigenvalue weighted by atomic mass is 16.5. The van der Waals surface area contributed by atoms with Gasteiger partial charge >= 0.3 is 0 Å². The van der Waals surface area contributed by atoms with Gasteiger partial charge in [0.05, 0.1) is 18.5 Å². The van der Waals surface area contributed by atoms with E-state index in [1.807, 2.05) is 4.52 Å². The molecule has 6 heteroatoms. The lowest BCUT2D eigenvalue weighted by atomic mass is 10.2. The largest absolute Gasteiger partial charge is 0.378 e. The Balaban J connectivity index is 2.26. The van der Waals surface area contributed by atoms with Crippen LogP contribution in [0.1, 0.15) is 37.1 Å². The monoisotopic (exact) mass is 285 g/mol. The van der Waals surface area contributed by atoms with Gasteiger partial charge in [-0.1, -0.05) is 6.92 Å². The van der Waals surface area contributed by atoms with E-state index in [1.165, 1.54) is 5.56 Å². The molecule has 1 unspecified atom stereocenters. The predicted octanol–water partition coefficient (Wildman–Crippen LogP) is 1.91. The van der Waals surface area contributed by atoms with Gasteiger partial charge in [-0.3, -0.25) is 0 Å². The van der Waals surface area contributed by atoms with Crippen LogP contribution in [0, 0.1) is 11.3 Å². The molecule has 0 aromatic carbocycles. The van der Waals surface area contributed by atoms with E-state index in [2.05, 4.69) is 34.9 Å². The molecule has 3 rings (SSSR count). The lowest BCUT2D eigenvalue weighted by Gasteiger charge is -2.26. The number of fused-ring (bicyclic) bond motifs is 3. The van der Waals surface area contributed by atoms with Crippen molar-refractivity contribution in [3.8, 4) is 6.07 Å². The minimum absolute atomic E-state index is 0.432. The predicted molar refractivity (Wildman–Crippen MR) is 79.2 cm³/mol. The topological polar surface area (TPSA) is 66.5 Å². The van der Waals surface area contributed by atoms with Crippen LogP contribution in [0.4, 0.5) is 5.82 Å². The molecule has 1 atom stereocenters. The molecule has 1 aliphatic heterocycles. The summed E-state index contributed by atoms with van der Waals surface area (Å²) in [5.74, 6) is 1.07. The zero-order chi connectivity index (χ0) is 15.0. The Morgan fingerprint density at radius 1 is 1.52 bits per heavy atom. The van der Waals surface area contributed by atoms with E-state index in [0.29, 0.717) is 23.9 Å². The third-order valence-corrected chi connectivity index (χ3v) is 4.20. The van der Waals surface area contributed by atoms with Crippen molar-refractivity contribution < 1.29 is 4.74 Å². The number of aromatic nitrogens is 3. The van der Waals surface area contributed by atoms with Gasteiger partial charge in [-0.05, 0) is 19.8 Å². The van der Waals surface area contributed by atoms with Crippen LogP contribution in [-0.4, -0.2) is 34.3 Å². The SMILES string of the molecule is CCC(C)N1CCc2c(COC)nc3c(C#N)cnn3c21. The fourth-order valence-electron chi connectivity index (χ4n) is 2.93. The highest BCUT2D eigenvalue weighted by Crippen LogP contribution is 2.33. The van der Waals surface area contributed by atoms with Gasteiger partial charge in [0.2, 0.25) is 0 Å². The van der Waals surface area contributed by atoms with E-state index in [4.69, 9.17) is 4.74 Å². The van der Waals surface area contributed by atoms with Crippen molar-refractivity contribution in [3.05, 3.63) is 23.0 Å². The van der Waals surface area contributed by atoms with Crippen LogP contribution >= 0.6 is 0 Å². The number of nitrogens with zero attached hydrogens (tertiary/aromatic N) is 5. The number of hydrogen-bond donors (Lipinski definition) is 0. The summed E-state index contributed by atoms with van der Waals surface area (Å²) in [4.78, 5) is 6.97. The van der Waals surface area contributed by atoms with Crippen LogP contribution in [0.15, 0.2) is 6.20 Å². The summed E-state index contributed by atoms with van der Waals surface area (Å²) in [7, 11) is 1.67. The van der Waals surface area contributed by atoms with E-state index in [-0.39, 0.29) is 0 Å². The Bertz CT molecular complexity index is 715. The lowest BCUT2D eigenvalue weighted by molar-refractivity contribution is 0.181. The molecule has 0 saturated carbocycles. The molecule has 0 bridgehead atoms. The molecular weight excluding hydrogens is 266 g/mol. The first-order valence-electron chi connectivity index (χ1n) is 7.26. The second-order valence-electron chi connectivity index (χ2n) is 5.40. The fraction of sp³-hybridized carbons (Fsp3) is 0.533. The molecule has 2 aromatic rings. The minimum Gasteiger partial charge on any atom is -0.378 e. The average molecular weight is 285 g/mol. The van der Waals surface area contributed by atoms with Crippen LogP contribution < -0.4 is 4.90 Å². The maximum atomic E-state index is 9.23. The number of methoxy groups -OCH3 is 1. The zero-order valence-corrected chi connectivity index (χ0v) is 12.6. The van der Waals surface area contributed by atoms with Crippen LogP contribution in [0.3, 0.4) is 0 Å². The minimum atomic E-state index is 0.432. The van der Waals surface area contributed by atoms with E-state index < -0.39 is 0 Å². The first kappa shape index (κ1) is 13.8. The van der Waals surface area contributed by atoms with Crippen LogP contribution in [-0.2, 0) is 17.8 Å². The molecule has 0 fully saturated rings. The molecule has 0 N–H and O–H groups in total. The van der Waals surface area contributed by atoms with Crippen molar-refractivity contribution in [1.82, 2.24) is 14.6 Å². The molecule has 0 radical (unpaired) electrons. The number of rotatable bonds is 4. The molecule has 0 amide bonds. The van der Waals surface area contributed by atoms with E-state index in [9.17, 15) is 5.26 Å². The van der Waals surface area contributed by atoms with Gasteiger partial charge in [0.15, 0.2) is 5.65 Å². The van der Waals surface area contributed by atoms with E-state index in [0.717, 1.165) is 30.9 Å². The van der Waals surface area contributed by atoms with Gasteiger partial charge < -0.3 is 9.64 Å². The smallest absolute Gasteiger partial charge is 0.175 e. The molecule has 0 saturated heterocycles. The number of nitriles is 1. The summed E-state index contributed by atoms with van der Waals surface area (Å²) >= 11 is 0. The maximum Gasteiger partial charge on any atom is 0.175 e. The number of hydrogen-bond acceptors (Lipinski definition) is 5. The Morgan fingerprint density at radius 2 is 2.33 bits per heavy atom. The summed E-state index contributed by atoms with van der Waals surface area (Å²) in [6.07, 6.45) is 3.60. The Labute approximate surface area is 124 Å². The second kappa shape index (κ2) is 5.34. The standard InChI is InChI=1S/C15H19N5O/c1-4-10(2)19-6-5-12-13(9-21-3)18-14-11(7-16)8-17-20(14)15(12)19/h8,10H,4-6,9H2,1-3H3. The molecule has 0 aliphatic carbocycles. The fourth-order valence-corrected chi connectivity index (χ4v) is 2.93. The van der Waals surface area contributed by atoms with Gasteiger partial charge in [-0.25, -0.2) is 4.98 Å². The van der Waals surface area contributed by atoms with Crippen molar-refractivity contribution in [1.29, 1.82) is 5.26 Å². The van der Waals surface area contributed by atoms with Crippen molar-refractivity contribution >= 4 is 11.5 Å². The maximum absolute atomic E-state index is 9.23. The van der Waals surface area contributed by atoms with Crippen LogP contribution in [0.2, 0.25) is 0 Å². The molecule has 21 heavy (non-hydrogen) atoms. The summed E-state index contributed by atoms with van der Waals surface area (Å²) < 4.78 is 7.09. The summed E-state index contributed by atoms with van der Waals surface area (Å²) in [6.45, 7) is 5.82. The Hall–Kier alpha value is -2.13. The normalized spacial score (nSPS) is 15.2. The highest BCUT2D eigenvalue weighted by Gasteiger charge is 2.30. The second-order valence-corrected chi connectivity index (χ2v) is 5.40. The quantitative estimate of drug-likeness (QED) is 0.858. The Kier molecular flexibility index (Phi) is 3.52. The molecule has 1 aliphatic rings. The summed E-state index contributed by atoms with van der Waals surface area (Å²) in [5.41, 5.74) is 3.24. The van der Waals surface area contributed by atoms with Crippen LogP contribution in [0.5, 0.6) is 0 Å². The zero-order valence-electron chi connectivity index (χ0n) is 12.6. The molecule has 110 valence electrons. The van der Waals surface area contributed by atoms with Gasteiger partial charge in [-0.2, -0.15) is 14.9 Å². The average Bonchev–Trinajstić information content (AvgIpc) is 3.10. The van der Waals surface area contributed by atoms with Crippen molar-refractivity contribution in [2.24, 2.45) is 0 Å². The van der Waals surface area contributed by atoms with Gasteiger partial charge in [0, 0.05) is 25.3 Å². The highest BCUT2D eigenvalue weighted by molar-refractivity contribution is 5.65. The molecule has 6 nitrogen and oxygen atoms in total. The van der Waals surface area contributed by atoms with Gasteiger partial charge in [-0.15, -0.1) is 0 Å². The Morgan fingerprint density at radius 3 is 3.00 bits per heavy atom. The molecular formula is C15H19N5O. The lowest BCUT2D eigenvalue weighted by Crippen LogP contribution is -2.32. The van der Waals surface area contributed by atoms with Gasteiger partial charge in [0.25, 0.3) is 0 Å². The molecule has 3 heterocycles. The van der Waals surface area contributed by atoms with Crippen molar-refractivity contribution in [2.75, 3.05) is 18.6 Å². The summed E-state index contributed by atoms with van der Waals surface area (Å²) in [5, 5.41) is 13.6. The van der Waals surface area contributed by atoms with Crippen molar-refractivity contribution in [2.45, 2.75) is 39.3 Å². The van der Waals surface area contributed by atoms with E-state index in [1.54, 1.807) is 13.3 Å². The first-order valence-corrected chi connectivity index (χ1v) is 7.26. The number of ether oxygens (including phenoxy) is 1. The van der Waals surface area contributed by atoms with E-state index >= 15 is 0 Å². The summed E-state index contributed by atoms with van der Waals surface area (Å²) in [6, 6.07) is 2.60. The molecule has 0 spiro atoms. The van der Waals surface area contributed by atoms with Gasteiger partial charge in [0.1, 0.15) is 17.5 Å². The molecule has 2 aromatic heterocycles.